The molecule has 1 aromatic carbocycles. The van der Waals surface area contributed by atoms with Crippen LogP contribution in [0.4, 0.5) is 10.8 Å². The van der Waals surface area contributed by atoms with Crippen LogP contribution in [0.5, 0.6) is 0 Å². The zero-order chi connectivity index (χ0) is 23.3. The predicted molar refractivity (Wildman–Crippen MR) is 131 cm³/mol. The molecule has 1 saturated heterocycles. The van der Waals surface area contributed by atoms with Crippen LogP contribution in [0.15, 0.2) is 22.5 Å². The minimum Gasteiger partial charge on any atom is -0.350 e. The van der Waals surface area contributed by atoms with Crippen molar-refractivity contribution >= 4 is 45.7 Å². The van der Waals surface area contributed by atoms with Crippen LogP contribution < -0.4 is 10.6 Å². The van der Waals surface area contributed by atoms with Gasteiger partial charge in [-0.15, -0.1) is 10.2 Å². The molecular weight excluding hydrogens is 444 g/mol. The first-order valence-corrected chi connectivity index (χ1v) is 12.5. The lowest BCUT2D eigenvalue weighted by Crippen LogP contribution is -2.53. The minimum atomic E-state index is -0.231. The number of amides is 2. The van der Waals surface area contributed by atoms with Gasteiger partial charge >= 0.3 is 0 Å². The Morgan fingerprint density at radius 1 is 1.12 bits per heavy atom. The number of anilines is 2. The van der Waals surface area contributed by atoms with Gasteiger partial charge in [0.25, 0.3) is 0 Å². The van der Waals surface area contributed by atoms with Gasteiger partial charge in [-0.05, 0) is 51.8 Å². The standard InChI is InChI=1S/C22H32N6O2S2/c1-15-7-6-8-17(16(15)2)23-20-25-26-21(32-20)31-14-19(30)28-11-9-27(10-12-28)13-18(29)24-22(3,4)5/h6-8H,9-14H2,1-5H3,(H,23,25)(H,24,29). The first kappa shape index (κ1) is 24.5. The van der Waals surface area contributed by atoms with E-state index in [0.29, 0.717) is 38.5 Å². The fourth-order valence-electron chi connectivity index (χ4n) is 3.35. The number of aryl methyl sites for hydroxylation is 1. The van der Waals surface area contributed by atoms with Crippen LogP contribution >= 0.6 is 23.1 Å². The molecule has 0 spiro atoms. The topological polar surface area (TPSA) is 90.5 Å². The Kier molecular flexibility index (Phi) is 8.13. The molecule has 8 nitrogen and oxygen atoms in total. The van der Waals surface area contributed by atoms with E-state index >= 15 is 0 Å². The molecule has 0 saturated carbocycles. The maximum absolute atomic E-state index is 12.6. The van der Waals surface area contributed by atoms with Gasteiger partial charge < -0.3 is 15.5 Å². The average molecular weight is 477 g/mol. The summed E-state index contributed by atoms with van der Waals surface area (Å²) in [5, 5.41) is 15.4. The lowest BCUT2D eigenvalue weighted by atomic mass is 10.1. The number of rotatable bonds is 7. The van der Waals surface area contributed by atoms with Crippen LogP contribution in [0.1, 0.15) is 31.9 Å². The number of nitrogens with zero attached hydrogens (tertiary/aromatic N) is 4. The molecule has 2 amide bonds. The molecule has 1 fully saturated rings. The molecule has 3 rings (SSSR count). The largest absolute Gasteiger partial charge is 0.350 e. The van der Waals surface area contributed by atoms with E-state index in [2.05, 4.69) is 45.6 Å². The zero-order valence-corrected chi connectivity index (χ0v) is 21.0. The van der Waals surface area contributed by atoms with E-state index < -0.39 is 0 Å². The van der Waals surface area contributed by atoms with E-state index in [-0.39, 0.29) is 17.4 Å². The van der Waals surface area contributed by atoms with Gasteiger partial charge in [0.2, 0.25) is 16.9 Å². The third-order valence-electron chi connectivity index (χ3n) is 5.18. The Balaban J connectivity index is 1.42. The van der Waals surface area contributed by atoms with Crippen molar-refractivity contribution in [1.29, 1.82) is 0 Å². The summed E-state index contributed by atoms with van der Waals surface area (Å²) in [5.41, 5.74) is 3.19. The van der Waals surface area contributed by atoms with Crippen LogP contribution in [-0.4, -0.2) is 75.8 Å². The Labute approximate surface area is 198 Å². The number of benzene rings is 1. The number of thioether (sulfide) groups is 1. The van der Waals surface area contributed by atoms with E-state index in [1.807, 2.05) is 37.8 Å². The average Bonchev–Trinajstić information content (AvgIpc) is 3.16. The molecule has 174 valence electrons. The van der Waals surface area contributed by atoms with Crippen molar-refractivity contribution in [3.8, 4) is 0 Å². The number of hydrogen-bond donors (Lipinski definition) is 2. The maximum atomic E-state index is 12.6. The highest BCUT2D eigenvalue weighted by Gasteiger charge is 2.24. The van der Waals surface area contributed by atoms with E-state index in [1.165, 1.54) is 34.2 Å². The molecule has 0 radical (unpaired) electrons. The fraction of sp³-hybridized carbons (Fsp3) is 0.545. The van der Waals surface area contributed by atoms with Crippen molar-refractivity contribution in [3.05, 3.63) is 29.3 Å². The third kappa shape index (κ3) is 7.18. The van der Waals surface area contributed by atoms with Crippen LogP contribution in [0.25, 0.3) is 0 Å². The molecular formula is C22H32N6O2S2. The molecule has 2 aromatic rings. The van der Waals surface area contributed by atoms with Crippen molar-refractivity contribution in [3.63, 3.8) is 0 Å². The molecule has 2 N–H and O–H groups in total. The lowest BCUT2D eigenvalue weighted by Gasteiger charge is -2.34. The van der Waals surface area contributed by atoms with Gasteiger partial charge in [-0.1, -0.05) is 35.2 Å². The first-order chi connectivity index (χ1) is 15.1. The van der Waals surface area contributed by atoms with E-state index in [1.54, 1.807) is 0 Å². The SMILES string of the molecule is Cc1cccc(Nc2nnc(SCC(=O)N3CCN(CC(=O)NC(C)(C)C)CC3)s2)c1C. The van der Waals surface area contributed by atoms with Gasteiger partial charge in [-0.2, -0.15) is 0 Å². The third-order valence-corrected chi connectivity index (χ3v) is 7.14. The van der Waals surface area contributed by atoms with Crippen LogP contribution in [0, 0.1) is 13.8 Å². The van der Waals surface area contributed by atoms with Crippen molar-refractivity contribution < 1.29 is 9.59 Å². The molecule has 0 bridgehead atoms. The summed E-state index contributed by atoms with van der Waals surface area (Å²) < 4.78 is 0.767. The quantitative estimate of drug-likeness (QED) is 0.594. The van der Waals surface area contributed by atoms with Gasteiger partial charge in [-0.25, -0.2) is 0 Å². The number of aromatic nitrogens is 2. The van der Waals surface area contributed by atoms with Gasteiger partial charge in [0, 0.05) is 37.4 Å². The number of nitrogens with one attached hydrogen (secondary N) is 2. The van der Waals surface area contributed by atoms with Crippen LogP contribution in [0.2, 0.25) is 0 Å². The van der Waals surface area contributed by atoms with Crippen molar-refractivity contribution in [1.82, 2.24) is 25.3 Å². The number of carbonyl (C=O) groups excluding carboxylic acids is 2. The summed E-state index contributed by atoms with van der Waals surface area (Å²) in [6, 6.07) is 6.11. The van der Waals surface area contributed by atoms with Gasteiger partial charge in [0.15, 0.2) is 4.34 Å². The Hall–Kier alpha value is -2.17. The second-order valence-corrected chi connectivity index (χ2v) is 11.2. The molecule has 2 heterocycles. The molecule has 0 aliphatic carbocycles. The monoisotopic (exact) mass is 476 g/mol. The Morgan fingerprint density at radius 2 is 1.84 bits per heavy atom. The molecule has 1 aliphatic rings. The van der Waals surface area contributed by atoms with Crippen molar-refractivity contribution in [2.75, 3.05) is 43.8 Å². The molecule has 1 aromatic heterocycles. The highest BCUT2D eigenvalue weighted by Crippen LogP contribution is 2.29. The molecule has 0 atom stereocenters. The smallest absolute Gasteiger partial charge is 0.234 e. The summed E-state index contributed by atoms with van der Waals surface area (Å²) in [4.78, 5) is 28.7. The fourth-order valence-corrected chi connectivity index (χ4v) is 5.02. The summed E-state index contributed by atoms with van der Waals surface area (Å²) in [7, 11) is 0. The Morgan fingerprint density at radius 3 is 2.53 bits per heavy atom. The van der Waals surface area contributed by atoms with Crippen LogP contribution in [0.3, 0.4) is 0 Å². The second-order valence-electron chi connectivity index (χ2n) is 8.99. The van der Waals surface area contributed by atoms with Gasteiger partial charge in [-0.3, -0.25) is 14.5 Å². The molecule has 10 heteroatoms. The highest BCUT2D eigenvalue weighted by molar-refractivity contribution is 8.01. The maximum Gasteiger partial charge on any atom is 0.234 e. The van der Waals surface area contributed by atoms with Crippen LogP contribution in [-0.2, 0) is 9.59 Å². The molecule has 1 aliphatic heterocycles. The number of piperazine rings is 1. The normalized spacial score (nSPS) is 15.0. The van der Waals surface area contributed by atoms with Gasteiger partial charge in [0.05, 0.1) is 12.3 Å². The van der Waals surface area contributed by atoms with E-state index in [9.17, 15) is 9.59 Å². The zero-order valence-electron chi connectivity index (χ0n) is 19.4. The predicted octanol–water partition coefficient (Wildman–Crippen LogP) is 3.05. The minimum absolute atomic E-state index is 0.0226. The number of carbonyl (C=O) groups is 2. The summed E-state index contributed by atoms with van der Waals surface area (Å²) in [5.74, 6) is 0.449. The summed E-state index contributed by atoms with van der Waals surface area (Å²) in [6.07, 6.45) is 0. The van der Waals surface area contributed by atoms with E-state index in [4.69, 9.17) is 0 Å². The second kappa shape index (κ2) is 10.6. The van der Waals surface area contributed by atoms with E-state index in [0.717, 1.165) is 15.2 Å². The molecule has 32 heavy (non-hydrogen) atoms. The molecule has 0 unspecified atom stereocenters. The first-order valence-electron chi connectivity index (χ1n) is 10.7. The Bertz CT molecular complexity index is 948. The lowest BCUT2D eigenvalue weighted by molar-refractivity contribution is -0.130. The summed E-state index contributed by atoms with van der Waals surface area (Å²) >= 11 is 2.86. The highest BCUT2D eigenvalue weighted by atomic mass is 32.2. The van der Waals surface area contributed by atoms with Crippen molar-refractivity contribution in [2.24, 2.45) is 0 Å². The van der Waals surface area contributed by atoms with Crippen molar-refractivity contribution in [2.45, 2.75) is 44.5 Å². The van der Waals surface area contributed by atoms with Gasteiger partial charge in [0.1, 0.15) is 0 Å². The number of hydrogen-bond acceptors (Lipinski definition) is 8. The summed E-state index contributed by atoms with van der Waals surface area (Å²) in [6.45, 7) is 13.1.